The Morgan fingerprint density at radius 1 is 1.10 bits per heavy atom. The Bertz CT molecular complexity index is 968. The van der Waals surface area contributed by atoms with Gasteiger partial charge >= 0.3 is 5.97 Å². The van der Waals surface area contributed by atoms with Gasteiger partial charge in [0.15, 0.2) is 0 Å². The first-order chi connectivity index (χ1) is 13.6. The van der Waals surface area contributed by atoms with Gasteiger partial charge in [0.25, 0.3) is 11.8 Å². The predicted octanol–water partition coefficient (Wildman–Crippen LogP) is 3.71. The molecule has 3 rings (SSSR count). The smallest absolute Gasteiger partial charge is 0.341 e. The molecule has 0 spiro atoms. The Morgan fingerprint density at radius 2 is 1.69 bits per heavy atom. The fourth-order valence-electron chi connectivity index (χ4n) is 2.80. The van der Waals surface area contributed by atoms with Gasteiger partial charge in [-0.3, -0.25) is 19.3 Å². The number of nitrogens with zero attached hydrogens (tertiary/aromatic N) is 1. The molecule has 2 heterocycles. The van der Waals surface area contributed by atoms with E-state index >= 15 is 0 Å². The lowest BCUT2D eigenvalue weighted by Crippen LogP contribution is -2.28. The van der Waals surface area contributed by atoms with Crippen LogP contribution in [0.25, 0.3) is 0 Å². The van der Waals surface area contributed by atoms with Crippen LogP contribution in [0.1, 0.15) is 63.6 Å². The first-order valence-electron chi connectivity index (χ1n) is 9.20. The van der Waals surface area contributed by atoms with E-state index in [1.54, 1.807) is 58.0 Å². The Hall–Kier alpha value is -3.00. The maximum Gasteiger partial charge on any atom is 0.341 e. The molecule has 1 aliphatic rings. The van der Waals surface area contributed by atoms with Crippen LogP contribution in [-0.2, 0) is 16.1 Å². The molecule has 1 aliphatic heterocycles. The quantitative estimate of drug-likeness (QED) is 0.595. The molecule has 0 saturated heterocycles. The maximum absolute atomic E-state index is 12.6. The largest absolute Gasteiger partial charge is 0.462 e. The number of fused-ring (bicyclic) bond motifs is 1. The lowest BCUT2D eigenvalue weighted by molar-refractivity contribution is -0.123. The van der Waals surface area contributed by atoms with Crippen molar-refractivity contribution in [3.8, 4) is 0 Å². The highest BCUT2D eigenvalue weighted by Crippen LogP contribution is 2.33. The van der Waals surface area contributed by atoms with Gasteiger partial charge in [-0.2, -0.15) is 0 Å². The topological polar surface area (TPSA) is 92.8 Å². The molecule has 29 heavy (non-hydrogen) atoms. The first-order valence-corrected chi connectivity index (χ1v) is 10.0. The molecule has 3 amide bonds. The van der Waals surface area contributed by atoms with Crippen LogP contribution in [0, 0.1) is 5.41 Å². The Kier molecular flexibility index (Phi) is 5.57. The molecule has 1 N–H and O–H groups in total. The van der Waals surface area contributed by atoms with Gasteiger partial charge in [0.2, 0.25) is 5.91 Å². The SMILES string of the molecule is CCOC(=O)c1cc(CN2C(=O)c3ccccc3C2=O)sc1NC(=O)C(C)(C)C. The van der Waals surface area contributed by atoms with E-state index < -0.39 is 11.4 Å². The Balaban J connectivity index is 1.90. The summed E-state index contributed by atoms with van der Waals surface area (Å²) in [6.07, 6.45) is 0. The maximum atomic E-state index is 12.6. The number of carbonyl (C=O) groups is 4. The average Bonchev–Trinajstić information content (AvgIpc) is 3.16. The summed E-state index contributed by atoms with van der Waals surface area (Å²) in [6.45, 7) is 7.18. The van der Waals surface area contributed by atoms with Crippen LogP contribution in [0.15, 0.2) is 30.3 Å². The second kappa shape index (κ2) is 7.79. The predicted molar refractivity (Wildman–Crippen MR) is 109 cm³/mol. The number of esters is 1. The normalized spacial score (nSPS) is 13.4. The highest BCUT2D eigenvalue weighted by molar-refractivity contribution is 7.16. The number of amides is 3. The standard InChI is InChI=1S/C21H22N2O5S/c1-5-28-19(26)15-10-12(29-16(15)22-20(27)21(2,3)4)11-23-17(24)13-8-6-7-9-14(13)18(23)25/h6-10H,5,11H2,1-4H3,(H,22,27). The molecular weight excluding hydrogens is 392 g/mol. The molecule has 152 valence electrons. The zero-order chi connectivity index (χ0) is 21.3. The summed E-state index contributed by atoms with van der Waals surface area (Å²) >= 11 is 1.15. The molecule has 0 fully saturated rings. The van der Waals surface area contributed by atoms with Crippen molar-refractivity contribution in [3.05, 3.63) is 51.9 Å². The summed E-state index contributed by atoms with van der Waals surface area (Å²) in [4.78, 5) is 51.7. The number of carbonyl (C=O) groups excluding carboxylic acids is 4. The van der Waals surface area contributed by atoms with Crippen molar-refractivity contribution >= 4 is 40.0 Å². The minimum atomic E-state index is -0.654. The van der Waals surface area contributed by atoms with Crippen molar-refractivity contribution < 1.29 is 23.9 Å². The van der Waals surface area contributed by atoms with E-state index in [1.807, 2.05) is 0 Å². The fourth-order valence-corrected chi connectivity index (χ4v) is 3.83. The monoisotopic (exact) mass is 414 g/mol. The molecule has 8 heteroatoms. The van der Waals surface area contributed by atoms with Gasteiger partial charge < -0.3 is 10.1 Å². The summed E-state index contributed by atoms with van der Waals surface area (Å²) in [7, 11) is 0. The van der Waals surface area contributed by atoms with Gasteiger partial charge in [0.05, 0.1) is 29.8 Å². The Morgan fingerprint density at radius 3 is 2.21 bits per heavy atom. The van der Waals surface area contributed by atoms with Crippen LogP contribution in [0.5, 0.6) is 0 Å². The van der Waals surface area contributed by atoms with Crippen molar-refractivity contribution in [2.75, 3.05) is 11.9 Å². The minimum Gasteiger partial charge on any atom is -0.462 e. The zero-order valence-electron chi connectivity index (χ0n) is 16.7. The van der Waals surface area contributed by atoms with Crippen molar-refractivity contribution in [1.82, 2.24) is 4.90 Å². The molecule has 0 unspecified atom stereocenters. The van der Waals surface area contributed by atoms with Crippen LogP contribution in [0.2, 0.25) is 0 Å². The van der Waals surface area contributed by atoms with Crippen LogP contribution in [0.4, 0.5) is 5.00 Å². The third-order valence-corrected chi connectivity index (χ3v) is 5.41. The highest BCUT2D eigenvalue weighted by atomic mass is 32.1. The molecule has 1 aromatic heterocycles. The second-order valence-electron chi connectivity index (χ2n) is 7.62. The number of imide groups is 1. The van der Waals surface area contributed by atoms with E-state index in [2.05, 4.69) is 5.32 Å². The number of benzene rings is 1. The van der Waals surface area contributed by atoms with Crippen LogP contribution in [0.3, 0.4) is 0 Å². The van der Waals surface area contributed by atoms with Crippen molar-refractivity contribution in [2.45, 2.75) is 34.2 Å². The van der Waals surface area contributed by atoms with Crippen LogP contribution < -0.4 is 5.32 Å². The van der Waals surface area contributed by atoms with Gasteiger partial charge in [0.1, 0.15) is 5.00 Å². The average molecular weight is 414 g/mol. The number of nitrogens with one attached hydrogen (secondary N) is 1. The first kappa shape index (κ1) is 20.7. The molecule has 2 aromatic rings. The van der Waals surface area contributed by atoms with Gasteiger partial charge in [-0.25, -0.2) is 4.79 Å². The second-order valence-corrected chi connectivity index (χ2v) is 8.76. The number of ether oxygens (including phenoxy) is 1. The molecule has 0 radical (unpaired) electrons. The number of anilines is 1. The number of rotatable bonds is 5. The van der Waals surface area contributed by atoms with Gasteiger partial charge in [0, 0.05) is 10.3 Å². The van der Waals surface area contributed by atoms with E-state index in [4.69, 9.17) is 4.74 Å². The summed E-state index contributed by atoms with van der Waals surface area (Å²) in [5, 5.41) is 3.11. The van der Waals surface area contributed by atoms with E-state index in [9.17, 15) is 19.2 Å². The molecule has 0 saturated carbocycles. The van der Waals surface area contributed by atoms with Crippen molar-refractivity contribution in [3.63, 3.8) is 0 Å². The van der Waals surface area contributed by atoms with Crippen LogP contribution in [-0.4, -0.2) is 35.2 Å². The van der Waals surface area contributed by atoms with Gasteiger partial charge in [-0.1, -0.05) is 32.9 Å². The zero-order valence-corrected chi connectivity index (χ0v) is 17.5. The molecule has 1 aromatic carbocycles. The third kappa shape index (κ3) is 4.07. The minimum absolute atomic E-state index is 0.00874. The lowest BCUT2D eigenvalue weighted by Gasteiger charge is -2.17. The third-order valence-electron chi connectivity index (χ3n) is 4.38. The fraction of sp³-hybridized carbons (Fsp3) is 0.333. The van der Waals surface area contributed by atoms with Gasteiger partial charge in [-0.05, 0) is 25.1 Å². The summed E-state index contributed by atoms with van der Waals surface area (Å²) in [5.41, 5.74) is 0.279. The van der Waals surface area contributed by atoms with Crippen molar-refractivity contribution in [2.24, 2.45) is 5.41 Å². The van der Waals surface area contributed by atoms with E-state index in [0.717, 1.165) is 16.2 Å². The van der Waals surface area contributed by atoms with E-state index in [0.29, 0.717) is 21.0 Å². The van der Waals surface area contributed by atoms with E-state index in [1.165, 1.54) is 0 Å². The summed E-state index contributed by atoms with van der Waals surface area (Å²) < 4.78 is 5.08. The molecular formula is C21H22N2O5S. The van der Waals surface area contributed by atoms with Crippen LogP contribution >= 0.6 is 11.3 Å². The highest BCUT2D eigenvalue weighted by Gasteiger charge is 2.36. The van der Waals surface area contributed by atoms with Crippen molar-refractivity contribution in [1.29, 1.82) is 0 Å². The number of hydrogen-bond acceptors (Lipinski definition) is 6. The van der Waals surface area contributed by atoms with Gasteiger partial charge in [-0.15, -0.1) is 11.3 Å². The molecule has 0 aliphatic carbocycles. The summed E-state index contributed by atoms with van der Waals surface area (Å²) in [6, 6.07) is 8.20. The van der Waals surface area contributed by atoms with E-state index in [-0.39, 0.29) is 36.4 Å². The lowest BCUT2D eigenvalue weighted by atomic mass is 9.96. The molecule has 7 nitrogen and oxygen atoms in total. The molecule has 0 atom stereocenters. The Labute approximate surface area is 172 Å². The molecule has 0 bridgehead atoms. The summed E-state index contributed by atoms with van der Waals surface area (Å²) in [5.74, 6) is -1.58. The number of thiophene rings is 1. The number of hydrogen-bond donors (Lipinski definition) is 1.